The Hall–Kier alpha value is -2.38. The van der Waals surface area contributed by atoms with Gasteiger partial charge in [-0.1, -0.05) is 30.3 Å². The van der Waals surface area contributed by atoms with E-state index in [0.29, 0.717) is 39.0 Å². The molecule has 1 amide bonds. The van der Waals surface area contributed by atoms with E-state index in [1.54, 1.807) is 30.3 Å². The summed E-state index contributed by atoms with van der Waals surface area (Å²) in [5.41, 5.74) is 1.13. The molecule has 7 heteroatoms. The topological polar surface area (TPSA) is 75.7 Å². The van der Waals surface area contributed by atoms with E-state index in [0.717, 1.165) is 11.3 Å². The monoisotopic (exact) mass is 402 g/mol. The van der Waals surface area contributed by atoms with E-state index >= 15 is 0 Å². The summed E-state index contributed by atoms with van der Waals surface area (Å²) in [6.45, 7) is 3.30. The van der Waals surface area contributed by atoms with Gasteiger partial charge in [-0.2, -0.15) is 4.31 Å². The molecule has 1 heterocycles. The number of sulfonamides is 1. The Morgan fingerprint density at radius 2 is 1.96 bits per heavy atom. The fourth-order valence-corrected chi connectivity index (χ4v) is 4.99. The number of ether oxygens (including phenoxy) is 1. The number of nitrogens with one attached hydrogen (secondary N) is 1. The van der Waals surface area contributed by atoms with Gasteiger partial charge in [-0.25, -0.2) is 8.42 Å². The third-order valence-corrected chi connectivity index (χ3v) is 6.66. The third kappa shape index (κ3) is 4.91. The van der Waals surface area contributed by atoms with Crippen molar-refractivity contribution >= 4 is 15.9 Å². The second kappa shape index (κ2) is 9.21. The van der Waals surface area contributed by atoms with Gasteiger partial charge in [0.15, 0.2) is 0 Å². The number of nitrogens with zero attached hydrogens (tertiary/aromatic N) is 1. The van der Waals surface area contributed by atoms with E-state index in [1.807, 2.05) is 31.2 Å². The van der Waals surface area contributed by atoms with Gasteiger partial charge in [-0.05, 0) is 56.0 Å². The lowest BCUT2D eigenvalue weighted by Crippen LogP contribution is -2.46. The maximum Gasteiger partial charge on any atom is 0.243 e. The lowest BCUT2D eigenvalue weighted by molar-refractivity contribution is -0.124. The lowest BCUT2D eigenvalue weighted by Gasteiger charge is -2.23. The summed E-state index contributed by atoms with van der Waals surface area (Å²) in [7, 11) is -3.66. The van der Waals surface area contributed by atoms with Crippen molar-refractivity contribution in [2.45, 2.75) is 37.1 Å². The average molecular weight is 403 g/mol. The van der Waals surface area contributed by atoms with E-state index < -0.39 is 16.1 Å². The van der Waals surface area contributed by atoms with Crippen molar-refractivity contribution < 1.29 is 17.9 Å². The molecule has 150 valence electrons. The first-order valence-corrected chi connectivity index (χ1v) is 11.0. The molecule has 2 aromatic carbocycles. The molecule has 0 bridgehead atoms. The molecule has 0 aliphatic carbocycles. The van der Waals surface area contributed by atoms with Gasteiger partial charge >= 0.3 is 0 Å². The molecule has 28 heavy (non-hydrogen) atoms. The van der Waals surface area contributed by atoms with Gasteiger partial charge in [0.25, 0.3) is 0 Å². The molecule has 1 fully saturated rings. The normalized spacial score (nSPS) is 17.4. The number of rotatable bonds is 8. The predicted octanol–water partition coefficient (Wildman–Crippen LogP) is 2.73. The van der Waals surface area contributed by atoms with Gasteiger partial charge in [0.2, 0.25) is 15.9 Å². The average Bonchev–Trinajstić information content (AvgIpc) is 3.19. The number of hydrogen-bond acceptors (Lipinski definition) is 4. The smallest absolute Gasteiger partial charge is 0.243 e. The molecule has 1 saturated heterocycles. The summed E-state index contributed by atoms with van der Waals surface area (Å²) < 4.78 is 32.7. The maximum atomic E-state index is 12.8. The van der Waals surface area contributed by atoms with Gasteiger partial charge in [0.05, 0.1) is 11.5 Å². The molecule has 0 aromatic heterocycles. The standard InChI is InChI=1S/C21H26N2O4S/c1-17-8-5-9-18(16-17)27-15-7-13-22-21(24)20-12-6-14-23(20)28(25,26)19-10-3-2-4-11-19/h2-5,8-11,16,20H,6-7,12-15H2,1H3,(H,22,24). The lowest BCUT2D eigenvalue weighted by atomic mass is 10.2. The van der Waals surface area contributed by atoms with Crippen LogP contribution in [-0.2, 0) is 14.8 Å². The van der Waals surface area contributed by atoms with Gasteiger partial charge in [-0.15, -0.1) is 0 Å². The van der Waals surface area contributed by atoms with Crippen molar-refractivity contribution in [1.29, 1.82) is 0 Å². The van der Waals surface area contributed by atoms with Crippen molar-refractivity contribution in [2.24, 2.45) is 0 Å². The molecule has 1 aliphatic rings. The van der Waals surface area contributed by atoms with E-state index in [2.05, 4.69) is 5.32 Å². The fraction of sp³-hybridized carbons (Fsp3) is 0.381. The summed E-state index contributed by atoms with van der Waals surface area (Å²) in [6.07, 6.45) is 1.87. The molecule has 0 spiro atoms. The van der Waals surface area contributed by atoms with Crippen LogP contribution in [0.3, 0.4) is 0 Å². The van der Waals surface area contributed by atoms with Crippen LogP contribution in [0.25, 0.3) is 0 Å². The minimum absolute atomic E-state index is 0.223. The molecular weight excluding hydrogens is 376 g/mol. The first-order valence-electron chi connectivity index (χ1n) is 9.52. The van der Waals surface area contributed by atoms with Crippen molar-refractivity contribution in [3.05, 3.63) is 60.2 Å². The summed E-state index contributed by atoms with van der Waals surface area (Å²) in [4.78, 5) is 12.8. The van der Waals surface area contributed by atoms with E-state index in [4.69, 9.17) is 4.74 Å². The van der Waals surface area contributed by atoms with Crippen LogP contribution < -0.4 is 10.1 Å². The largest absolute Gasteiger partial charge is 0.494 e. The van der Waals surface area contributed by atoms with Crippen molar-refractivity contribution in [3.8, 4) is 5.75 Å². The molecule has 1 unspecified atom stereocenters. The van der Waals surface area contributed by atoms with Crippen LogP contribution in [0, 0.1) is 6.92 Å². The Balaban J connectivity index is 1.49. The summed E-state index contributed by atoms with van der Waals surface area (Å²) in [5.74, 6) is 0.565. The van der Waals surface area contributed by atoms with Gasteiger partial charge in [0.1, 0.15) is 11.8 Å². The minimum Gasteiger partial charge on any atom is -0.494 e. The number of amides is 1. The molecule has 6 nitrogen and oxygen atoms in total. The second-order valence-electron chi connectivity index (χ2n) is 6.90. The molecular formula is C21H26N2O4S. The zero-order chi connectivity index (χ0) is 20.0. The zero-order valence-corrected chi connectivity index (χ0v) is 16.8. The Bertz CT molecular complexity index is 900. The molecule has 1 N–H and O–H groups in total. The Kier molecular flexibility index (Phi) is 6.70. The first kappa shape index (κ1) is 20.4. The van der Waals surface area contributed by atoms with Crippen LogP contribution in [0.4, 0.5) is 0 Å². The minimum atomic E-state index is -3.66. The summed E-state index contributed by atoms with van der Waals surface area (Å²) >= 11 is 0. The highest BCUT2D eigenvalue weighted by molar-refractivity contribution is 7.89. The van der Waals surface area contributed by atoms with Crippen LogP contribution in [-0.4, -0.2) is 44.4 Å². The van der Waals surface area contributed by atoms with Gasteiger partial charge < -0.3 is 10.1 Å². The van der Waals surface area contributed by atoms with Crippen molar-refractivity contribution in [1.82, 2.24) is 9.62 Å². The van der Waals surface area contributed by atoms with E-state index in [9.17, 15) is 13.2 Å². The Morgan fingerprint density at radius 1 is 1.18 bits per heavy atom. The molecule has 3 rings (SSSR count). The Morgan fingerprint density at radius 3 is 2.71 bits per heavy atom. The van der Waals surface area contributed by atoms with Crippen LogP contribution in [0.5, 0.6) is 5.75 Å². The number of aryl methyl sites for hydroxylation is 1. The molecule has 2 aromatic rings. The van der Waals surface area contributed by atoms with Gasteiger partial charge in [-0.3, -0.25) is 4.79 Å². The van der Waals surface area contributed by atoms with Crippen LogP contribution in [0.15, 0.2) is 59.5 Å². The number of benzene rings is 2. The second-order valence-corrected chi connectivity index (χ2v) is 8.79. The number of hydrogen-bond donors (Lipinski definition) is 1. The Labute approximate surface area is 166 Å². The zero-order valence-electron chi connectivity index (χ0n) is 16.0. The predicted molar refractivity (Wildman–Crippen MR) is 108 cm³/mol. The van der Waals surface area contributed by atoms with Crippen molar-refractivity contribution in [2.75, 3.05) is 19.7 Å². The number of carbonyl (C=O) groups excluding carboxylic acids is 1. The maximum absolute atomic E-state index is 12.8. The van der Waals surface area contributed by atoms with E-state index in [1.165, 1.54) is 4.31 Å². The highest BCUT2D eigenvalue weighted by Crippen LogP contribution is 2.26. The van der Waals surface area contributed by atoms with E-state index in [-0.39, 0.29) is 10.8 Å². The molecule has 0 radical (unpaired) electrons. The summed E-state index contributed by atoms with van der Waals surface area (Å²) in [6, 6.07) is 15.4. The quantitative estimate of drug-likeness (QED) is 0.689. The first-order chi connectivity index (χ1) is 13.5. The van der Waals surface area contributed by atoms with Gasteiger partial charge in [0, 0.05) is 13.1 Å². The highest BCUT2D eigenvalue weighted by atomic mass is 32.2. The third-order valence-electron chi connectivity index (χ3n) is 4.73. The molecule has 1 atom stereocenters. The van der Waals surface area contributed by atoms with Crippen molar-refractivity contribution in [3.63, 3.8) is 0 Å². The summed E-state index contributed by atoms with van der Waals surface area (Å²) in [5, 5.41) is 2.85. The molecule has 0 saturated carbocycles. The SMILES string of the molecule is Cc1cccc(OCCCNC(=O)C2CCCN2S(=O)(=O)c2ccccc2)c1. The van der Waals surface area contributed by atoms with Crippen LogP contribution >= 0.6 is 0 Å². The number of carbonyl (C=O) groups is 1. The van der Waals surface area contributed by atoms with Crippen LogP contribution in [0.1, 0.15) is 24.8 Å². The molecule has 1 aliphatic heterocycles. The fourth-order valence-electron chi connectivity index (χ4n) is 3.31. The van der Waals surface area contributed by atoms with Crippen LogP contribution in [0.2, 0.25) is 0 Å². The highest BCUT2D eigenvalue weighted by Gasteiger charge is 2.39.